The van der Waals surface area contributed by atoms with Gasteiger partial charge in [-0.05, 0) is 73.9 Å². The molecule has 25 heavy (non-hydrogen) atoms. The van der Waals surface area contributed by atoms with Gasteiger partial charge in [-0.2, -0.15) is 0 Å². The Hall–Kier alpha value is -2.62. The lowest BCUT2D eigenvalue weighted by atomic mass is 9.87. The van der Waals surface area contributed by atoms with E-state index in [1.807, 2.05) is 26.0 Å². The Kier molecular flexibility index (Phi) is 4.88. The number of rotatable bonds is 4. The Morgan fingerprint density at radius 1 is 1.16 bits per heavy atom. The van der Waals surface area contributed by atoms with Gasteiger partial charge in [0.1, 0.15) is 12.0 Å². The minimum absolute atomic E-state index is 0.228. The van der Waals surface area contributed by atoms with Crippen LogP contribution in [-0.2, 0) is 19.4 Å². The van der Waals surface area contributed by atoms with E-state index < -0.39 is 0 Å². The summed E-state index contributed by atoms with van der Waals surface area (Å²) in [6.07, 6.45) is 5.01. The molecule has 1 amide bonds. The Morgan fingerprint density at radius 3 is 2.68 bits per heavy atom. The van der Waals surface area contributed by atoms with Gasteiger partial charge >= 0.3 is 0 Å². The number of phenols is 1. The molecule has 0 radical (unpaired) electrons. The van der Waals surface area contributed by atoms with Gasteiger partial charge in [-0.3, -0.25) is 9.59 Å². The highest BCUT2D eigenvalue weighted by molar-refractivity contribution is 5.97. The third kappa shape index (κ3) is 3.43. The lowest BCUT2D eigenvalue weighted by molar-refractivity contribution is 0.0950. The van der Waals surface area contributed by atoms with Crippen molar-refractivity contribution in [3.8, 4) is 5.75 Å². The molecule has 0 saturated heterocycles. The number of nitrogens with one attached hydrogen (secondary N) is 1. The summed E-state index contributed by atoms with van der Waals surface area (Å²) in [5.74, 6) is 0.00331. The maximum atomic E-state index is 12.6. The molecule has 0 bridgehead atoms. The first kappa shape index (κ1) is 17.2. The van der Waals surface area contributed by atoms with Gasteiger partial charge < -0.3 is 10.4 Å². The summed E-state index contributed by atoms with van der Waals surface area (Å²) in [6, 6.07) is 7.18. The molecular weight excluding hydrogens is 314 g/mol. The van der Waals surface area contributed by atoms with Crippen molar-refractivity contribution in [3.05, 3.63) is 63.2 Å². The summed E-state index contributed by atoms with van der Waals surface area (Å²) >= 11 is 0. The largest absolute Gasteiger partial charge is 0.508 e. The molecular formula is C21H23NO3. The van der Waals surface area contributed by atoms with Gasteiger partial charge in [0.25, 0.3) is 5.91 Å². The van der Waals surface area contributed by atoms with Crippen LogP contribution in [0.1, 0.15) is 61.4 Å². The number of fused-ring (bicyclic) bond motifs is 1. The van der Waals surface area contributed by atoms with E-state index >= 15 is 0 Å². The molecule has 1 aliphatic rings. The number of hydrogen-bond acceptors (Lipinski definition) is 3. The van der Waals surface area contributed by atoms with Gasteiger partial charge in [0, 0.05) is 23.2 Å². The molecule has 2 aromatic carbocycles. The fraction of sp³-hybridized carbons (Fsp3) is 0.333. The maximum Gasteiger partial charge on any atom is 0.251 e. The number of aryl methyl sites for hydroxylation is 3. The topological polar surface area (TPSA) is 66.4 Å². The number of hydrogen-bond donors (Lipinski definition) is 2. The van der Waals surface area contributed by atoms with Crippen LogP contribution in [-0.4, -0.2) is 17.3 Å². The third-order valence-corrected chi connectivity index (χ3v) is 5.04. The highest BCUT2D eigenvalue weighted by atomic mass is 16.3. The van der Waals surface area contributed by atoms with E-state index in [2.05, 4.69) is 5.32 Å². The van der Waals surface area contributed by atoms with Gasteiger partial charge in [0.05, 0.1) is 0 Å². The van der Waals surface area contributed by atoms with E-state index in [0.717, 1.165) is 42.2 Å². The SMILES string of the molecule is Cc1cc(C)c(C(=O)NCc2c(O)ccc3c2CCCC3)cc1C=O. The van der Waals surface area contributed by atoms with Crippen molar-refractivity contribution in [1.82, 2.24) is 5.32 Å². The molecule has 2 aromatic rings. The lowest BCUT2D eigenvalue weighted by Crippen LogP contribution is -2.25. The standard InChI is InChI=1S/C21H23NO3/c1-13-9-14(2)18(10-16(13)12-23)21(25)22-11-19-17-6-4-3-5-15(17)7-8-20(19)24/h7-10,12,24H,3-6,11H2,1-2H3,(H,22,25). The van der Waals surface area contributed by atoms with Crippen molar-refractivity contribution in [1.29, 1.82) is 0 Å². The zero-order valence-corrected chi connectivity index (χ0v) is 14.7. The molecule has 1 aliphatic carbocycles. The van der Waals surface area contributed by atoms with Gasteiger partial charge in [-0.1, -0.05) is 12.1 Å². The number of carbonyl (C=O) groups is 2. The molecule has 0 aliphatic heterocycles. The lowest BCUT2D eigenvalue weighted by Gasteiger charge is -2.21. The number of aldehydes is 1. The van der Waals surface area contributed by atoms with Crippen LogP contribution in [0, 0.1) is 13.8 Å². The van der Waals surface area contributed by atoms with E-state index in [1.165, 1.54) is 17.5 Å². The molecule has 0 aromatic heterocycles. The molecule has 0 fully saturated rings. The molecule has 0 saturated carbocycles. The van der Waals surface area contributed by atoms with E-state index in [0.29, 0.717) is 11.1 Å². The number of benzene rings is 2. The second kappa shape index (κ2) is 7.09. The molecule has 4 nitrogen and oxygen atoms in total. The summed E-state index contributed by atoms with van der Waals surface area (Å²) in [6.45, 7) is 4.00. The minimum Gasteiger partial charge on any atom is -0.508 e. The first-order valence-electron chi connectivity index (χ1n) is 8.68. The quantitative estimate of drug-likeness (QED) is 0.837. The number of phenolic OH excluding ortho intramolecular Hbond substituents is 1. The van der Waals surface area contributed by atoms with Crippen LogP contribution in [0.3, 0.4) is 0 Å². The Labute approximate surface area is 147 Å². The average molecular weight is 337 g/mol. The van der Waals surface area contributed by atoms with Crippen molar-refractivity contribution >= 4 is 12.2 Å². The van der Waals surface area contributed by atoms with E-state index in [4.69, 9.17) is 0 Å². The van der Waals surface area contributed by atoms with Gasteiger partial charge in [0.15, 0.2) is 0 Å². The monoisotopic (exact) mass is 337 g/mol. The zero-order valence-electron chi connectivity index (χ0n) is 14.7. The van der Waals surface area contributed by atoms with Crippen LogP contribution in [0.2, 0.25) is 0 Å². The molecule has 0 atom stereocenters. The highest BCUT2D eigenvalue weighted by Gasteiger charge is 2.18. The van der Waals surface area contributed by atoms with Crippen LogP contribution in [0.5, 0.6) is 5.75 Å². The molecule has 0 spiro atoms. The summed E-state index contributed by atoms with van der Waals surface area (Å²) in [5.41, 5.74) is 5.96. The summed E-state index contributed by atoms with van der Waals surface area (Å²) in [5, 5.41) is 13.1. The summed E-state index contributed by atoms with van der Waals surface area (Å²) in [4.78, 5) is 23.7. The Balaban J connectivity index is 1.83. The average Bonchev–Trinajstić information content (AvgIpc) is 2.61. The van der Waals surface area contributed by atoms with Crippen molar-refractivity contribution < 1.29 is 14.7 Å². The van der Waals surface area contributed by atoms with E-state index in [1.54, 1.807) is 12.1 Å². The number of carbonyl (C=O) groups excluding carboxylic acids is 2. The predicted octanol–water partition coefficient (Wildman–Crippen LogP) is 3.63. The second-order valence-electron chi connectivity index (χ2n) is 6.73. The van der Waals surface area contributed by atoms with E-state index in [9.17, 15) is 14.7 Å². The molecule has 3 rings (SSSR count). The summed E-state index contributed by atoms with van der Waals surface area (Å²) in [7, 11) is 0. The van der Waals surface area contributed by atoms with Crippen LogP contribution < -0.4 is 5.32 Å². The van der Waals surface area contributed by atoms with Gasteiger partial charge in [-0.25, -0.2) is 0 Å². The fourth-order valence-electron chi connectivity index (χ4n) is 3.59. The van der Waals surface area contributed by atoms with E-state index in [-0.39, 0.29) is 18.2 Å². The first-order valence-corrected chi connectivity index (χ1v) is 8.68. The fourth-order valence-corrected chi connectivity index (χ4v) is 3.59. The van der Waals surface area contributed by atoms with Gasteiger partial charge in [0.2, 0.25) is 0 Å². The predicted molar refractivity (Wildman–Crippen MR) is 97.2 cm³/mol. The molecule has 130 valence electrons. The second-order valence-corrected chi connectivity index (χ2v) is 6.73. The van der Waals surface area contributed by atoms with Crippen molar-refractivity contribution in [2.45, 2.75) is 46.1 Å². The summed E-state index contributed by atoms with van der Waals surface area (Å²) < 4.78 is 0. The zero-order chi connectivity index (χ0) is 18.0. The number of aromatic hydroxyl groups is 1. The smallest absolute Gasteiger partial charge is 0.251 e. The normalized spacial score (nSPS) is 13.2. The Morgan fingerprint density at radius 2 is 1.92 bits per heavy atom. The first-order chi connectivity index (χ1) is 12.0. The molecule has 0 heterocycles. The molecule has 0 unspecified atom stereocenters. The highest BCUT2D eigenvalue weighted by Crippen LogP contribution is 2.30. The number of amides is 1. The van der Waals surface area contributed by atoms with Crippen LogP contribution in [0.15, 0.2) is 24.3 Å². The van der Waals surface area contributed by atoms with Crippen LogP contribution in [0.4, 0.5) is 0 Å². The molecule has 4 heteroatoms. The van der Waals surface area contributed by atoms with Gasteiger partial charge in [-0.15, -0.1) is 0 Å². The maximum absolute atomic E-state index is 12.6. The minimum atomic E-state index is -0.228. The van der Waals surface area contributed by atoms with Crippen molar-refractivity contribution in [2.24, 2.45) is 0 Å². The Bertz CT molecular complexity index is 840. The molecule has 2 N–H and O–H groups in total. The van der Waals surface area contributed by atoms with Crippen molar-refractivity contribution in [3.63, 3.8) is 0 Å². The van der Waals surface area contributed by atoms with Crippen molar-refractivity contribution in [2.75, 3.05) is 0 Å². The third-order valence-electron chi connectivity index (χ3n) is 5.04. The van der Waals surface area contributed by atoms with Crippen LogP contribution >= 0.6 is 0 Å². The van der Waals surface area contributed by atoms with Crippen LogP contribution in [0.25, 0.3) is 0 Å².